The van der Waals surface area contributed by atoms with Crippen LogP contribution < -0.4 is 15.8 Å². The minimum atomic E-state index is -0.796. The minimum Gasteiger partial charge on any atom is -0.488 e. The summed E-state index contributed by atoms with van der Waals surface area (Å²) in [6.07, 6.45) is 0. The van der Waals surface area contributed by atoms with E-state index in [9.17, 15) is 8.78 Å². The standard InChI is InChI=1S/C9H10F2N2OS/c1-2-14-8-6(10)3-5(4-7(8)11)13-9(12)15/h3-4H,2H2,1H3,(H3,12,13,15). The molecule has 6 heteroatoms. The first kappa shape index (κ1) is 11.6. The number of anilines is 1. The van der Waals surface area contributed by atoms with Crippen molar-refractivity contribution in [1.82, 2.24) is 0 Å². The maximum absolute atomic E-state index is 13.3. The molecule has 1 aromatic carbocycles. The third-order valence-corrected chi connectivity index (χ3v) is 1.66. The maximum atomic E-state index is 13.3. The predicted octanol–water partition coefficient (Wildman–Crippen LogP) is 2.02. The predicted molar refractivity (Wildman–Crippen MR) is 57.9 cm³/mol. The molecule has 0 aromatic heterocycles. The fourth-order valence-electron chi connectivity index (χ4n) is 1.06. The summed E-state index contributed by atoms with van der Waals surface area (Å²) in [4.78, 5) is 0. The molecule has 0 unspecified atom stereocenters. The normalized spacial score (nSPS) is 9.80. The van der Waals surface area contributed by atoms with Crippen molar-refractivity contribution in [3.05, 3.63) is 23.8 Å². The van der Waals surface area contributed by atoms with Gasteiger partial charge in [-0.25, -0.2) is 8.78 Å². The Morgan fingerprint density at radius 1 is 1.47 bits per heavy atom. The highest BCUT2D eigenvalue weighted by Crippen LogP contribution is 2.25. The van der Waals surface area contributed by atoms with Crippen LogP contribution in [0, 0.1) is 11.6 Å². The summed E-state index contributed by atoms with van der Waals surface area (Å²) < 4.78 is 31.3. The highest BCUT2D eigenvalue weighted by Gasteiger charge is 2.12. The first-order valence-corrected chi connectivity index (χ1v) is 4.63. The van der Waals surface area contributed by atoms with Crippen molar-refractivity contribution in [2.24, 2.45) is 5.73 Å². The molecule has 3 nitrogen and oxygen atoms in total. The van der Waals surface area contributed by atoms with Gasteiger partial charge in [-0.2, -0.15) is 0 Å². The zero-order valence-corrected chi connectivity index (χ0v) is 8.83. The number of rotatable bonds is 3. The molecule has 82 valence electrons. The smallest absolute Gasteiger partial charge is 0.190 e. The number of benzene rings is 1. The number of halogens is 2. The van der Waals surface area contributed by atoms with Crippen molar-refractivity contribution >= 4 is 23.0 Å². The summed E-state index contributed by atoms with van der Waals surface area (Å²) in [5.41, 5.74) is 5.32. The van der Waals surface area contributed by atoms with E-state index in [-0.39, 0.29) is 17.4 Å². The van der Waals surface area contributed by atoms with Gasteiger partial charge >= 0.3 is 0 Å². The molecule has 0 spiro atoms. The maximum Gasteiger partial charge on any atom is 0.190 e. The van der Waals surface area contributed by atoms with E-state index in [4.69, 9.17) is 10.5 Å². The Bertz CT molecular complexity index is 361. The number of nitrogens with two attached hydrogens (primary N) is 1. The molecule has 0 heterocycles. The monoisotopic (exact) mass is 232 g/mol. The molecule has 0 aliphatic heterocycles. The molecular weight excluding hydrogens is 222 g/mol. The summed E-state index contributed by atoms with van der Waals surface area (Å²) in [7, 11) is 0. The van der Waals surface area contributed by atoms with Crippen LogP contribution >= 0.6 is 12.2 Å². The van der Waals surface area contributed by atoms with Crippen LogP contribution in [-0.4, -0.2) is 11.7 Å². The van der Waals surface area contributed by atoms with E-state index in [0.717, 1.165) is 12.1 Å². The quantitative estimate of drug-likeness (QED) is 0.783. The Balaban J connectivity index is 3.02. The molecule has 0 atom stereocenters. The summed E-state index contributed by atoms with van der Waals surface area (Å²) in [6.45, 7) is 1.83. The van der Waals surface area contributed by atoms with Gasteiger partial charge in [-0.3, -0.25) is 0 Å². The molecular formula is C9H10F2N2OS. The van der Waals surface area contributed by atoms with E-state index in [1.807, 2.05) is 0 Å². The van der Waals surface area contributed by atoms with E-state index < -0.39 is 17.4 Å². The second kappa shape index (κ2) is 4.88. The van der Waals surface area contributed by atoms with Gasteiger partial charge in [0, 0.05) is 17.8 Å². The fraction of sp³-hybridized carbons (Fsp3) is 0.222. The zero-order chi connectivity index (χ0) is 11.4. The minimum absolute atomic E-state index is 0.0574. The van der Waals surface area contributed by atoms with Crippen molar-refractivity contribution in [2.45, 2.75) is 6.92 Å². The fourth-order valence-corrected chi connectivity index (χ4v) is 1.17. The van der Waals surface area contributed by atoms with Crippen molar-refractivity contribution in [2.75, 3.05) is 11.9 Å². The second-order valence-corrected chi connectivity index (χ2v) is 3.13. The van der Waals surface area contributed by atoms with Crippen LogP contribution in [0.15, 0.2) is 12.1 Å². The lowest BCUT2D eigenvalue weighted by atomic mass is 10.2. The number of ether oxygens (including phenoxy) is 1. The van der Waals surface area contributed by atoms with Crippen LogP contribution in [0.5, 0.6) is 5.75 Å². The summed E-state index contributed by atoms with van der Waals surface area (Å²) in [5.74, 6) is -1.99. The van der Waals surface area contributed by atoms with Gasteiger partial charge in [-0.05, 0) is 19.1 Å². The number of thiocarbonyl (C=S) groups is 1. The molecule has 0 aliphatic carbocycles. The van der Waals surface area contributed by atoms with E-state index in [0.29, 0.717) is 0 Å². The lowest BCUT2D eigenvalue weighted by Gasteiger charge is -2.09. The molecule has 0 radical (unpaired) electrons. The van der Waals surface area contributed by atoms with Crippen LogP contribution in [0.2, 0.25) is 0 Å². The van der Waals surface area contributed by atoms with Crippen LogP contribution in [0.25, 0.3) is 0 Å². The number of hydrogen-bond acceptors (Lipinski definition) is 2. The lowest BCUT2D eigenvalue weighted by Crippen LogP contribution is -2.19. The van der Waals surface area contributed by atoms with E-state index in [1.165, 1.54) is 0 Å². The van der Waals surface area contributed by atoms with E-state index >= 15 is 0 Å². The zero-order valence-electron chi connectivity index (χ0n) is 8.01. The molecule has 0 bridgehead atoms. The molecule has 0 fully saturated rings. The molecule has 0 amide bonds. The van der Waals surface area contributed by atoms with Crippen molar-refractivity contribution in [1.29, 1.82) is 0 Å². The largest absolute Gasteiger partial charge is 0.488 e. The van der Waals surface area contributed by atoms with Crippen molar-refractivity contribution in [3.63, 3.8) is 0 Å². The molecule has 0 saturated heterocycles. The number of nitrogens with one attached hydrogen (secondary N) is 1. The Labute approximate surface area is 91.2 Å². The molecule has 3 N–H and O–H groups in total. The summed E-state index contributed by atoms with van der Waals surface area (Å²) in [6, 6.07) is 2.13. The van der Waals surface area contributed by atoms with Crippen LogP contribution in [-0.2, 0) is 0 Å². The Hall–Kier alpha value is -1.43. The highest BCUT2D eigenvalue weighted by atomic mass is 32.1. The van der Waals surface area contributed by atoms with E-state index in [2.05, 4.69) is 17.5 Å². The molecule has 0 saturated carbocycles. The van der Waals surface area contributed by atoms with Crippen molar-refractivity contribution in [3.8, 4) is 5.75 Å². The van der Waals surface area contributed by atoms with Gasteiger partial charge in [-0.15, -0.1) is 0 Å². The van der Waals surface area contributed by atoms with E-state index in [1.54, 1.807) is 6.92 Å². The van der Waals surface area contributed by atoms with Crippen LogP contribution in [0.1, 0.15) is 6.92 Å². The number of hydrogen-bond donors (Lipinski definition) is 2. The molecule has 15 heavy (non-hydrogen) atoms. The van der Waals surface area contributed by atoms with Gasteiger partial charge in [-0.1, -0.05) is 0 Å². The van der Waals surface area contributed by atoms with Crippen LogP contribution in [0.4, 0.5) is 14.5 Å². The molecule has 1 rings (SSSR count). The average molecular weight is 232 g/mol. The van der Waals surface area contributed by atoms with Gasteiger partial charge in [0.05, 0.1) is 6.61 Å². The topological polar surface area (TPSA) is 47.3 Å². The van der Waals surface area contributed by atoms with Gasteiger partial charge in [0.2, 0.25) is 0 Å². The SMILES string of the molecule is CCOc1c(F)cc(NC(N)=S)cc1F. The van der Waals surface area contributed by atoms with Gasteiger partial charge in [0.15, 0.2) is 22.5 Å². The van der Waals surface area contributed by atoms with Crippen LogP contribution in [0.3, 0.4) is 0 Å². The van der Waals surface area contributed by atoms with Gasteiger partial charge < -0.3 is 15.8 Å². The highest BCUT2D eigenvalue weighted by molar-refractivity contribution is 7.80. The molecule has 0 aliphatic rings. The Kier molecular flexibility index (Phi) is 3.79. The third-order valence-electron chi connectivity index (χ3n) is 1.55. The second-order valence-electron chi connectivity index (χ2n) is 2.69. The van der Waals surface area contributed by atoms with Gasteiger partial charge in [0.1, 0.15) is 0 Å². The third kappa shape index (κ3) is 3.02. The summed E-state index contributed by atoms with van der Waals surface area (Å²) in [5, 5.41) is 2.37. The Morgan fingerprint density at radius 2 is 2.00 bits per heavy atom. The molecule has 1 aromatic rings. The summed E-state index contributed by atoms with van der Waals surface area (Å²) >= 11 is 4.54. The Morgan fingerprint density at radius 3 is 2.40 bits per heavy atom. The first-order valence-electron chi connectivity index (χ1n) is 4.23. The van der Waals surface area contributed by atoms with Crippen molar-refractivity contribution < 1.29 is 13.5 Å². The lowest BCUT2D eigenvalue weighted by molar-refractivity contribution is 0.303. The first-order chi connectivity index (χ1) is 7.04. The van der Waals surface area contributed by atoms with Gasteiger partial charge in [0.25, 0.3) is 0 Å². The average Bonchev–Trinajstić information content (AvgIpc) is 2.10.